The van der Waals surface area contributed by atoms with Crippen LogP contribution in [-0.4, -0.2) is 11.6 Å². The van der Waals surface area contributed by atoms with Gasteiger partial charge in [-0.25, -0.2) is 4.79 Å². The van der Waals surface area contributed by atoms with Crippen molar-refractivity contribution in [1.29, 1.82) is 0 Å². The number of rotatable bonds is 2. The van der Waals surface area contributed by atoms with Crippen molar-refractivity contribution in [1.82, 2.24) is 10.6 Å². The summed E-state index contributed by atoms with van der Waals surface area (Å²) in [4.78, 5) is 11.5. The summed E-state index contributed by atoms with van der Waals surface area (Å²) >= 11 is 0. The molecule has 0 spiro atoms. The summed E-state index contributed by atoms with van der Waals surface area (Å²) in [5, 5.41) is 5.28. The normalized spacial score (nSPS) is 12.1. The average Bonchev–Trinajstić information content (AvgIpc) is 2.23. The van der Waals surface area contributed by atoms with E-state index in [1.54, 1.807) is 0 Å². The van der Waals surface area contributed by atoms with Crippen LogP contribution in [0.5, 0.6) is 0 Å². The maximum Gasteiger partial charge on any atom is 0.416 e. The van der Waals surface area contributed by atoms with Gasteiger partial charge in [-0.05, 0) is 38.5 Å². The minimum absolute atomic E-state index is 0.181. The van der Waals surface area contributed by atoms with Crippen molar-refractivity contribution in [2.24, 2.45) is 0 Å². The van der Waals surface area contributed by atoms with E-state index in [1.165, 1.54) is 12.1 Å². The maximum absolute atomic E-state index is 12.3. The molecule has 0 atom stereocenters. The molecular weight excluding hydrogens is 257 g/mol. The first-order chi connectivity index (χ1) is 8.58. The molecule has 0 heterocycles. The van der Waals surface area contributed by atoms with Gasteiger partial charge in [0.1, 0.15) is 0 Å². The Bertz CT molecular complexity index is 433. The summed E-state index contributed by atoms with van der Waals surface area (Å²) in [6.07, 6.45) is -4.34. The van der Waals surface area contributed by atoms with Gasteiger partial charge in [0.25, 0.3) is 0 Å². The Morgan fingerprint density at radius 2 is 1.63 bits per heavy atom. The van der Waals surface area contributed by atoms with E-state index < -0.39 is 11.7 Å². The van der Waals surface area contributed by atoms with Crippen LogP contribution in [0.2, 0.25) is 0 Å². The Labute approximate surface area is 110 Å². The molecule has 19 heavy (non-hydrogen) atoms. The van der Waals surface area contributed by atoms with Crippen molar-refractivity contribution in [3.05, 3.63) is 35.4 Å². The lowest BCUT2D eigenvalue weighted by atomic mass is 10.1. The SMILES string of the molecule is CC(C)(C)NC(=O)NCc1ccc(C(F)(F)F)cc1. The quantitative estimate of drug-likeness (QED) is 0.853. The summed E-state index contributed by atoms with van der Waals surface area (Å²) in [6.45, 7) is 5.69. The Hall–Kier alpha value is -1.72. The molecule has 0 aliphatic rings. The number of urea groups is 1. The van der Waals surface area contributed by atoms with Crippen LogP contribution >= 0.6 is 0 Å². The molecule has 0 aromatic heterocycles. The molecule has 1 aromatic rings. The number of halogens is 3. The molecule has 0 saturated carbocycles. The molecule has 0 bridgehead atoms. The highest BCUT2D eigenvalue weighted by molar-refractivity contribution is 5.74. The van der Waals surface area contributed by atoms with Gasteiger partial charge in [0.15, 0.2) is 0 Å². The van der Waals surface area contributed by atoms with Crippen molar-refractivity contribution < 1.29 is 18.0 Å². The fourth-order valence-electron chi connectivity index (χ4n) is 1.38. The number of carbonyl (C=O) groups excluding carboxylic acids is 1. The molecule has 0 unspecified atom stereocenters. The van der Waals surface area contributed by atoms with Gasteiger partial charge in [0.05, 0.1) is 5.56 Å². The Balaban J connectivity index is 2.53. The Morgan fingerprint density at radius 3 is 2.05 bits per heavy atom. The van der Waals surface area contributed by atoms with Crippen LogP contribution in [0.25, 0.3) is 0 Å². The van der Waals surface area contributed by atoms with Crippen molar-refractivity contribution in [3.63, 3.8) is 0 Å². The molecular formula is C13H17F3N2O. The standard InChI is InChI=1S/C13H17F3N2O/c1-12(2,3)18-11(19)17-8-9-4-6-10(7-5-9)13(14,15)16/h4-7H,8H2,1-3H3,(H2,17,18,19). The zero-order chi connectivity index (χ0) is 14.7. The fourth-order valence-corrected chi connectivity index (χ4v) is 1.38. The molecule has 0 fully saturated rings. The van der Waals surface area contributed by atoms with Crippen LogP contribution in [0.4, 0.5) is 18.0 Å². The molecule has 2 N–H and O–H groups in total. The highest BCUT2D eigenvalue weighted by atomic mass is 19.4. The summed E-state index contributed by atoms with van der Waals surface area (Å²) < 4.78 is 37.0. The third-order valence-electron chi connectivity index (χ3n) is 2.22. The summed E-state index contributed by atoms with van der Waals surface area (Å²) in [6, 6.07) is 4.34. The topological polar surface area (TPSA) is 41.1 Å². The lowest BCUT2D eigenvalue weighted by Crippen LogP contribution is -2.46. The van der Waals surface area contributed by atoms with E-state index >= 15 is 0 Å². The third kappa shape index (κ3) is 5.63. The van der Waals surface area contributed by atoms with E-state index in [1.807, 2.05) is 20.8 Å². The van der Waals surface area contributed by atoms with E-state index in [4.69, 9.17) is 0 Å². The fraction of sp³-hybridized carbons (Fsp3) is 0.462. The van der Waals surface area contributed by atoms with E-state index in [9.17, 15) is 18.0 Å². The van der Waals surface area contributed by atoms with E-state index in [2.05, 4.69) is 10.6 Å². The first-order valence-electron chi connectivity index (χ1n) is 5.80. The van der Waals surface area contributed by atoms with Gasteiger partial charge in [-0.2, -0.15) is 13.2 Å². The second kappa shape index (κ2) is 5.50. The number of carbonyl (C=O) groups is 1. The predicted molar refractivity (Wildman–Crippen MR) is 66.6 cm³/mol. The van der Waals surface area contributed by atoms with Crippen LogP contribution in [0.15, 0.2) is 24.3 Å². The molecule has 0 aliphatic carbocycles. The van der Waals surface area contributed by atoms with Crippen LogP contribution in [0.3, 0.4) is 0 Å². The monoisotopic (exact) mass is 274 g/mol. The van der Waals surface area contributed by atoms with Crippen molar-refractivity contribution in [2.75, 3.05) is 0 Å². The largest absolute Gasteiger partial charge is 0.416 e. The van der Waals surface area contributed by atoms with Crippen molar-refractivity contribution >= 4 is 6.03 Å². The molecule has 0 radical (unpaired) electrons. The maximum atomic E-state index is 12.3. The van der Waals surface area contributed by atoms with Crippen molar-refractivity contribution in [3.8, 4) is 0 Å². The number of hydrogen-bond acceptors (Lipinski definition) is 1. The van der Waals surface area contributed by atoms with Gasteiger partial charge in [0.2, 0.25) is 0 Å². The zero-order valence-electron chi connectivity index (χ0n) is 11.1. The molecule has 0 aliphatic heterocycles. The molecule has 3 nitrogen and oxygen atoms in total. The molecule has 0 saturated heterocycles. The summed E-state index contributed by atoms with van der Waals surface area (Å²) in [5.41, 5.74) is -0.447. The number of nitrogens with one attached hydrogen (secondary N) is 2. The lowest BCUT2D eigenvalue weighted by Gasteiger charge is -2.20. The Morgan fingerprint density at radius 1 is 1.11 bits per heavy atom. The number of benzene rings is 1. The van der Waals surface area contributed by atoms with Crippen molar-refractivity contribution in [2.45, 2.75) is 39.0 Å². The molecule has 1 aromatic carbocycles. The van der Waals surface area contributed by atoms with Crippen LogP contribution in [-0.2, 0) is 12.7 Å². The Kier molecular flexibility index (Phi) is 4.44. The summed E-state index contributed by atoms with van der Waals surface area (Å²) in [5.74, 6) is 0. The molecule has 2 amide bonds. The molecule has 1 rings (SSSR count). The highest BCUT2D eigenvalue weighted by Crippen LogP contribution is 2.28. The van der Waals surface area contributed by atoms with Gasteiger partial charge in [0, 0.05) is 12.1 Å². The van der Waals surface area contributed by atoms with Gasteiger partial charge >= 0.3 is 12.2 Å². The first kappa shape index (κ1) is 15.3. The number of hydrogen-bond donors (Lipinski definition) is 2. The smallest absolute Gasteiger partial charge is 0.334 e. The van der Waals surface area contributed by atoms with Gasteiger partial charge in [-0.15, -0.1) is 0 Å². The van der Waals surface area contributed by atoms with Crippen LogP contribution < -0.4 is 10.6 Å². The van der Waals surface area contributed by atoms with Gasteiger partial charge < -0.3 is 10.6 Å². The third-order valence-corrected chi connectivity index (χ3v) is 2.22. The zero-order valence-corrected chi connectivity index (χ0v) is 11.1. The molecule has 6 heteroatoms. The minimum atomic E-state index is -4.34. The number of amides is 2. The van der Waals surface area contributed by atoms with E-state index in [-0.39, 0.29) is 18.1 Å². The summed E-state index contributed by atoms with van der Waals surface area (Å²) in [7, 11) is 0. The minimum Gasteiger partial charge on any atom is -0.334 e. The van der Waals surface area contributed by atoms with E-state index in [0.29, 0.717) is 5.56 Å². The predicted octanol–water partition coefficient (Wildman–Crippen LogP) is 3.30. The van der Waals surface area contributed by atoms with Crippen LogP contribution in [0.1, 0.15) is 31.9 Å². The van der Waals surface area contributed by atoms with E-state index in [0.717, 1.165) is 12.1 Å². The highest BCUT2D eigenvalue weighted by Gasteiger charge is 2.29. The second-order valence-corrected chi connectivity index (χ2v) is 5.25. The van der Waals surface area contributed by atoms with Gasteiger partial charge in [-0.3, -0.25) is 0 Å². The average molecular weight is 274 g/mol. The first-order valence-corrected chi connectivity index (χ1v) is 5.80. The number of alkyl halides is 3. The molecule has 106 valence electrons. The lowest BCUT2D eigenvalue weighted by molar-refractivity contribution is -0.137. The second-order valence-electron chi connectivity index (χ2n) is 5.25. The van der Waals surface area contributed by atoms with Gasteiger partial charge in [-0.1, -0.05) is 12.1 Å². The van der Waals surface area contributed by atoms with Crippen LogP contribution in [0, 0.1) is 0 Å².